The first kappa shape index (κ1) is 14.1. The van der Waals surface area contributed by atoms with E-state index in [0.717, 1.165) is 18.7 Å². The molecule has 0 saturated carbocycles. The molecule has 0 aliphatic carbocycles. The Bertz CT molecular complexity index is 311. The maximum Gasteiger partial charge on any atom is 0.0572 e. The van der Waals surface area contributed by atoms with E-state index in [4.69, 9.17) is 5.73 Å². The van der Waals surface area contributed by atoms with Crippen molar-refractivity contribution in [2.45, 2.75) is 39.3 Å². The van der Waals surface area contributed by atoms with Gasteiger partial charge in [0.1, 0.15) is 0 Å². The Morgan fingerprint density at radius 2 is 2.00 bits per heavy atom. The molecule has 96 valence electrons. The maximum absolute atomic E-state index is 6.06. The van der Waals surface area contributed by atoms with Crippen molar-refractivity contribution in [3.05, 3.63) is 30.1 Å². The summed E-state index contributed by atoms with van der Waals surface area (Å²) < 4.78 is 0. The van der Waals surface area contributed by atoms with Crippen molar-refractivity contribution >= 4 is 0 Å². The summed E-state index contributed by atoms with van der Waals surface area (Å²) >= 11 is 0. The summed E-state index contributed by atoms with van der Waals surface area (Å²) in [5.74, 6) is 0.550. The van der Waals surface area contributed by atoms with Crippen molar-refractivity contribution in [1.82, 2.24) is 9.88 Å². The zero-order chi connectivity index (χ0) is 12.8. The summed E-state index contributed by atoms with van der Waals surface area (Å²) in [7, 11) is 2.13. The largest absolute Gasteiger partial charge is 0.327 e. The van der Waals surface area contributed by atoms with Gasteiger partial charge in [-0.1, -0.05) is 19.9 Å². The van der Waals surface area contributed by atoms with Crippen LogP contribution in [-0.2, 0) is 0 Å². The molecule has 3 nitrogen and oxygen atoms in total. The van der Waals surface area contributed by atoms with Gasteiger partial charge in [-0.3, -0.25) is 9.88 Å². The molecule has 0 aliphatic rings. The molecule has 1 aromatic rings. The van der Waals surface area contributed by atoms with Crippen LogP contribution in [0.1, 0.15) is 38.9 Å². The van der Waals surface area contributed by atoms with Crippen LogP contribution in [0.25, 0.3) is 0 Å². The lowest BCUT2D eigenvalue weighted by atomic mass is 10.0. The van der Waals surface area contributed by atoms with E-state index in [9.17, 15) is 0 Å². The van der Waals surface area contributed by atoms with Gasteiger partial charge in [-0.25, -0.2) is 0 Å². The molecular formula is C14H25N3. The Labute approximate surface area is 105 Å². The molecule has 17 heavy (non-hydrogen) atoms. The van der Waals surface area contributed by atoms with Crippen LogP contribution in [0.15, 0.2) is 24.4 Å². The summed E-state index contributed by atoms with van der Waals surface area (Å²) in [6.45, 7) is 7.54. The third-order valence-corrected chi connectivity index (χ3v) is 3.45. The highest BCUT2D eigenvalue weighted by atomic mass is 15.1. The molecule has 2 atom stereocenters. The Morgan fingerprint density at radius 1 is 1.29 bits per heavy atom. The highest BCUT2D eigenvalue weighted by Gasteiger charge is 2.14. The molecule has 2 N–H and O–H groups in total. The number of nitrogens with two attached hydrogens (primary N) is 1. The van der Waals surface area contributed by atoms with Crippen LogP contribution in [-0.4, -0.2) is 29.5 Å². The molecule has 0 radical (unpaired) electrons. The van der Waals surface area contributed by atoms with Crippen molar-refractivity contribution < 1.29 is 0 Å². The Kier molecular flexibility index (Phi) is 5.59. The van der Waals surface area contributed by atoms with Gasteiger partial charge in [-0.15, -0.1) is 0 Å². The smallest absolute Gasteiger partial charge is 0.0572 e. The van der Waals surface area contributed by atoms with Crippen LogP contribution < -0.4 is 5.73 Å². The van der Waals surface area contributed by atoms with E-state index < -0.39 is 0 Å². The van der Waals surface area contributed by atoms with Crippen LogP contribution >= 0.6 is 0 Å². The van der Waals surface area contributed by atoms with Crippen LogP contribution in [0.4, 0.5) is 0 Å². The fourth-order valence-corrected chi connectivity index (χ4v) is 1.73. The highest BCUT2D eigenvalue weighted by Crippen LogP contribution is 2.16. The van der Waals surface area contributed by atoms with Crippen LogP contribution in [0.5, 0.6) is 0 Å². The van der Waals surface area contributed by atoms with Crippen molar-refractivity contribution in [3.63, 3.8) is 0 Å². The minimum Gasteiger partial charge on any atom is -0.327 e. The summed E-state index contributed by atoms with van der Waals surface area (Å²) in [5, 5.41) is 0. The maximum atomic E-state index is 6.06. The SMILES string of the molecule is CC(C)C(N)CCN(C)C(C)c1ccccn1. The standard InChI is InChI=1S/C14H25N3/c1-11(2)13(15)8-10-17(4)12(3)14-7-5-6-9-16-14/h5-7,9,11-13H,8,10,15H2,1-4H3. The zero-order valence-electron chi connectivity index (χ0n) is 11.4. The predicted molar refractivity (Wildman–Crippen MR) is 72.7 cm³/mol. The molecule has 0 fully saturated rings. The van der Waals surface area contributed by atoms with Gasteiger partial charge in [0.05, 0.1) is 5.69 Å². The Morgan fingerprint density at radius 3 is 2.53 bits per heavy atom. The first-order valence-corrected chi connectivity index (χ1v) is 6.39. The van der Waals surface area contributed by atoms with Gasteiger partial charge in [0.15, 0.2) is 0 Å². The molecule has 0 spiro atoms. The average molecular weight is 235 g/mol. The fraction of sp³-hybridized carbons (Fsp3) is 0.643. The second kappa shape index (κ2) is 6.72. The zero-order valence-corrected chi connectivity index (χ0v) is 11.4. The second-order valence-corrected chi connectivity index (χ2v) is 5.11. The van der Waals surface area contributed by atoms with E-state index in [-0.39, 0.29) is 6.04 Å². The van der Waals surface area contributed by atoms with Crippen molar-refractivity contribution in [1.29, 1.82) is 0 Å². The molecule has 1 aromatic heterocycles. The van der Waals surface area contributed by atoms with Gasteiger partial charge in [0.25, 0.3) is 0 Å². The minimum atomic E-state index is 0.286. The highest BCUT2D eigenvalue weighted by molar-refractivity contribution is 5.07. The van der Waals surface area contributed by atoms with E-state index in [1.807, 2.05) is 18.3 Å². The monoisotopic (exact) mass is 235 g/mol. The predicted octanol–water partition coefficient (Wildman–Crippen LogP) is 2.45. The number of pyridine rings is 1. The van der Waals surface area contributed by atoms with Crippen LogP contribution in [0.3, 0.4) is 0 Å². The molecular weight excluding hydrogens is 210 g/mol. The van der Waals surface area contributed by atoms with Crippen LogP contribution in [0, 0.1) is 5.92 Å². The molecule has 1 rings (SSSR count). The van der Waals surface area contributed by atoms with Gasteiger partial charge < -0.3 is 5.73 Å². The van der Waals surface area contributed by atoms with Gasteiger partial charge in [0, 0.05) is 18.3 Å². The summed E-state index contributed by atoms with van der Waals surface area (Å²) in [4.78, 5) is 6.70. The summed E-state index contributed by atoms with van der Waals surface area (Å²) in [5.41, 5.74) is 7.18. The summed E-state index contributed by atoms with van der Waals surface area (Å²) in [6.07, 6.45) is 2.88. The number of nitrogens with zero attached hydrogens (tertiary/aromatic N) is 2. The van der Waals surface area contributed by atoms with Crippen LogP contribution in [0.2, 0.25) is 0 Å². The third-order valence-electron chi connectivity index (χ3n) is 3.45. The van der Waals surface area contributed by atoms with Gasteiger partial charge >= 0.3 is 0 Å². The van der Waals surface area contributed by atoms with E-state index in [1.54, 1.807) is 0 Å². The number of hydrogen-bond donors (Lipinski definition) is 1. The van der Waals surface area contributed by atoms with E-state index in [0.29, 0.717) is 12.0 Å². The molecule has 0 bridgehead atoms. The van der Waals surface area contributed by atoms with Crippen molar-refractivity contribution in [2.24, 2.45) is 11.7 Å². The molecule has 1 heterocycles. The molecule has 0 amide bonds. The molecule has 0 saturated heterocycles. The lowest BCUT2D eigenvalue weighted by molar-refractivity contribution is 0.239. The molecule has 0 aromatic carbocycles. The fourth-order valence-electron chi connectivity index (χ4n) is 1.73. The van der Waals surface area contributed by atoms with Gasteiger partial charge in [-0.2, -0.15) is 0 Å². The number of hydrogen-bond acceptors (Lipinski definition) is 3. The number of rotatable bonds is 6. The first-order chi connectivity index (χ1) is 8.02. The Balaban J connectivity index is 2.45. The molecule has 3 heteroatoms. The lowest BCUT2D eigenvalue weighted by Crippen LogP contribution is -2.33. The quantitative estimate of drug-likeness (QED) is 0.823. The number of aromatic nitrogens is 1. The molecule has 2 unspecified atom stereocenters. The second-order valence-electron chi connectivity index (χ2n) is 5.11. The van der Waals surface area contributed by atoms with Gasteiger partial charge in [0.2, 0.25) is 0 Å². The average Bonchev–Trinajstić information content (AvgIpc) is 2.35. The van der Waals surface area contributed by atoms with Crippen molar-refractivity contribution in [3.8, 4) is 0 Å². The van der Waals surface area contributed by atoms with E-state index in [2.05, 4.69) is 43.8 Å². The topological polar surface area (TPSA) is 42.1 Å². The van der Waals surface area contributed by atoms with Crippen molar-refractivity contribution in [2.75, 3.05) is 13.6 Å². The third kappa shape index (κ3) is 4.44. The molecule has 0 aliphatic heterocycles. The minimum absolute atomic E-state index is 0.286. The Hall–Kier alpha value is -0.930. The van der Waals surface area contributed by atoms with E-state index in [1.165, 1.54) is 0 Å². The van der Waals surface area contributed by atoms with Gasteiger partial charge in [-0.05, 0) is 45.0 Å². The normalized spacial score (nSPS) is 15.2. The summed E-state index contributed by atoms with van der Waals surface area (Å²) in [6, 6.07) is 6.69. The first-order valence-electron chi connectivity index (χ1n) is 6.39. The van der Waals surface area contributed by atoms with E-state index >= 15 is 0 Å². The lowest BCUT2D eigenvalue weighted by Gasteiger charge is -2.26.